The summed E-state index contributed by atoms with van der Waals surface area (Å²) < 4.78 is 39.1. The van der Waals surface area contributed by atoms with Gasteiger partial charge in [-0.05, 0) is 73.9 Å². The average Bonchev–Trinajstić information content (AvgIpc) is 2.72. The Bertz CT molecular complexity index is 1210. The van der Waals surface area contributed by atoms with Gasteiger partial charge in [0.1, 0.15) is 5.82 Å². The highest BCUT2D eigenvalue weighted by Crippen LogP contribution is 2.23. The molecule has 7 heteroatoms. The van der Waals surface area contributed by atoms with E-state index in [9.17, 15) is 17.6 Å². The van der Waals surface area contributed by atoms with Crippen LogP contribution in [-0.4, -0.2) is 20.6 Å². The summed E-state index contributed by atoms with van der Waals surface area (Å²) >= 11 is 0. The van der Waals surface area contributed by atoms with Gasteiger partial charge in [-0.3, -0.25) is 9.10 Å². The van der Waals surface area contributed by atoms with Crippen LogP contribution in [0.15, 0.2) is 66.7 Å². The predicted octanol–water partition coefficient (Wildman–Crippen LogP) is 4.90. The summed E-state index contributed by atoms with van der Waals surface area (Å²) in [4.78, 5) is 12.7. The largest absolute Gasteiger partial charge is 0.346 e. The summed E-state index contributed by atoms with van der Waals surface area (Å²) in [6, 6.07) is 18.0. The van der Waals surface area contributed by atoms with Crippen LogP contribution in [0, 0.1) is 19.7 Å². The number of carbonyl (C=O) groups is 1. The fourth-order valence-electron chi connectivity index (χ4n) is 3.60. The van der Waals surface area contributed by atoms with Gasteiger partial charge in [-0.1, -0.05) is 35.9 Å². The van der Waals surface area contributed by atoms with Crippen LogP contribution in [0.3, 0.4) is 0 Å². The predicted molar refractivity (Wildman–Crippen MR) is 126 cm³/mol. The van der Waals surface area contributed by atoms with Crippen molar-refractivity contribution >= 4 is 21.6 Å². The molecule has 1 atom stereocenters. The Balaban J connectivity index is 1.76. The van der Waals surface area contributed by atoms with Crippen LogP contribution in [0.25, 0.3) is 0 Å². The number of benzene rings is 3. The maximum absolute atomic E-state index is 13.2. The monoisotopic (exact) mass is 454 g/mol. The van der Waals surface area contributed by atoms with Crippen LogP contribution < -0.4 is 9.62 Å². The summed E-state index contributed by atoms with van der Waals surface area (Å²) in [7, 11) is -3.58. The Kier molecular flexibility index (Phi) is 6.99. The van der Waals surface area contributed by atoms with Crippen LogP contribution in [0.1, 0.15) is 45.6 Å². The van der Waals surface area contributed by atoms with Crippen molar-refractivity contribution in [3.8, 4) is 0 Å². The SMILES string of the molecule is Cc1ccc(C(C)NC(=O)c2ccc(N(Cc3ccc(F)cc3)S(C)(=O)=O)cc2)c(C)c1. The summed E-state index contributed by atoms with van der Waals surface area (Å²) in [5.41, 5.74) is 4.83. The lowest BCUT2D eigenvalue weighted by molar-refractivity contribution is 0.0940. The van der Waals surface area contributed by atoms with E-state index in [0.717, 1.165) is 22.9 Å². The van der Waals surface area contributed by atoms with E-state index >= 15 is 0 Å². The van der Waals surface area contributed by atoms with E-state index in [1.54, 1.807) is 36.4 Å². The highest BCUT2D eigenvalue weighted by molar-refractivity contribution is 7.92. The van der Waals surface area contributed by atoms with Gasteiger partial charge in [-0.25, -0.2) is 12.8 Å². The molecule has 3 aromatic rings. The maximum Gasteiger partial charge on any atom is 0.251 e. The number of nitrogens with zero attached hydrogens (tertiary/aromatic N) is 1. The van der Waals surface area contributed by atoms with E-state index in [4.69, 9.17) is 0 Å². The number of aryl methyl sites for hydroxylation is 2. The molecular formula is C25H27FN2O3S. The van der Waals surface area contributed by atoms with Crippen molar-refractivity contribution in [2.75, 3.05) is 10.6 Å². The van der Waals surface area contributed by atoms with Gasteiger partial charge in [0.25, 0.3) is 5.91 Å². The maximum atomic E-state index is 13.2. The highest BCUT2D eigenvalue weighted by Gasteiger charge is 2.19. The number of sulfonamides is 1. The molecule has 0 saturated carbocycles. The molecule has 168 valence electrons. The van der Waals surface area contributed by atoms with Gasteiger partial charge in [0.05, 0.1) is 24.5 Å². The van der Waals surface area contributed by atoms with Crippen LogP contribution in [-0.2, 0) is 16.6 Å². The van der Waals surface area contributed by atoms with Gasteiger partial charge >= 0.3 is 0 Å². The Hall–Kier alpha value is -3.19. The first-order valence-electron chi connectivity index (χ1n) is 10.2. The van der Waals surface area contributed by atoms with E-state index in [-0.39, 0.29) is 24.3 Å². The molecule has 0 aliphatic carbocycles. The molecule has 0 saturated heterocycles. The number of hydrogen-bond acceptors (Lipinski definition) is 3. The second-order valence-electron chi connectivity index (χ2n) is 8.00. The Morgan fingerprint density at radius 3 is 2.19 bits per heavy atom. The highest BCUT2D eigenvalue weighted by atomic mass is 32.2. The molecule has 0 spiro atoms. The fraction of sp³-hybridized carbons (Fsp3) is 0.240. The number of rotatable bonds is 7. The topological polar surface area (TPSA) is 66.5 Å². The third kappa shape index (κ3) is 5.73. The van der Waals surface area contributed by atoms with E-state index in [1.807, 2.05) is 32.9 Å². The number of hydrogen-bond donors (Lipinski definition) is 1. The molecule has 0 fully saturated rings. The summed E-state index contributed by atoms with van der Waals surface area (Å²) in [5.74, 6) is -0.626. The molecular weight excluding hydrogens is 427 g/mol. The molecule has 0 aliphatic heterocycles. The smallest absolute Gasteiger partial charge is 0.251 e. The zero-order valence-corrected chi connectivity index (χ0v) is 19.4. The summed E-state index contributed by atoms with van der Waals surface area (Å²) in [6.45, 7) is 6.03. The van der Waals surface area contributed by atoms with E-state index in [2.05, 4.69) is 11.4 Å². The first-order chi connectivity index (χ1) is 15.0. The normalized spacial score (nSPS) is 12.3. The van der Waals surface area contributed by atoms with Gasteiger partial charge in [0, 0.05) is 5.56 Å². The van der Waals surface area contributed by atoms with Crippen LogP contribution >= 0.6 is 0 Å². The van der Waals surface area contributed by atoms with E-state index < -0.39 is 10.0 Å². The Morgan fingerprint density at radius 1 is 1.00 bits per heavy atom. The third-order valence-electron chi connectivity index (χ3n) is 5.30. The number of amides is 1. The zero-order chi connectivity index (χ0) is 23.5. The van der Waals surface area contributed by atoms with Crippen molar-refractivity contribution in [1.29, 1.82) is 0 Å². The minimum absolute atomic E-state index is 0.0639. The van der Waals surface area contributed by atoms with Crippen molar-refractivity contribution in [1.82, 2.24) is 5.32 Å². The number of nitrogens with one attached hydrogen (secondary N) is 1. The first-order valence-corrected chi connectivity index (χ1v) is 12.1. The molecule has 1 unspecified atom stereocenters. The lowest BCUT2D eigenvalue weighted by Crippen LogP contribution is -2.30. The van der Waals surface area contributed by atoms with Crippen molar-refractivity contribution in [3.63, 3.8) is 0 Å². The quantitative estimate of drug-likeness (QED) is 0.552. The fourth-order valence-corrected chi connectivity index (χ4v) is 4.49. The number of anilines is 1. The molecule has 0 aliphatic rings. The molecule has 0 radical (unpaired) electrons. The zero-order valence-electron chi connectivity index (χ0n) is 18.6. The third-order valence-corrected chi connectivity index (χ3v) is 6.44. The summed E-state index contributed by atoms with van der Waals surface area (Å²) in [5, 5.41) is 2.99. The lowest BCUT2D eigenvalue weighted by Gasteiger charge is -2.23. The Morgan fingerprint density at radius 2 is 1.62 bits per heavy atom. The molecule has 32 heavy (non-hydrogen) atoms. The van der Waals surface area contributed by atoms with Crippen molar-refractivity contribution in [2.45, 2.75) is 33.4 Å². The van der Waals surface area contributed by atoms with Gasteiger partial charge < -0.3 is 5.32 Å². The van der Waals surface area contributed by atoms with Crippen LogP contribution in [0.5, 0.6) is 0 Å². The number of carbonyl (C=O) groups excluding carboxylic acids is 1. The summed E-state index contributed by atoms with van der Waals surface area (Å²) in [6.07, 6.45) is 1.11. The second-order valence-corrected chi connectivity index (χ2v) is 9.90. The van der Waals surface area contributed by atoms with Crippen LogP contribution in [0.2, 0.25) is 0 Å². The van der Waals surface area contributed by atoms with Gasteiger partial charge in [-0.2, -0.15) is 0 Å². The van der Waals surface area contributed by atoms with Gasteiger partial charge in [0.15, 0.2) is 0 Å². The molecule has 5 nitrogen and oxygen atoms in total. The van der Waals surface area contributed by atoms with Crippen molar-refractivity contribution in [2.24, 2.45) is 0 Å². The van der Waals surface area contributed by atoms with Gasteiger partial charge in [0.2, 0.25) is 10.0 Å². The second kappa shape index (κ2) is 9.53. The average molecular weight is 455 g/mol. The van der Waals surface area contributed by atoms with E-state index in [1.165, 1.54) is 16.4 Å². The standard InChI is InChI=1S/C25H27FN2O3S/c1-17-5-14-24(18(2)15-17)19(3)27-25(29)21-8-12-23(13-9-21)28(32(4,30)31)16-20-6-10-22(26)11-7-20/h5-15,19H,16H2,1-4H3,(H,27,29). The Labute approximate surface area is 188 Å². The van der Waals surface area contributed by atoms with Crippen molar-refractivity contribution in [3.05, 3.63) is 100 Å². The molecule has 3 aromatic carbocycles. The van der Waals surface area contributed by atoms with Crippen molar-refractivity contribution < 1.29 is 17.6 Å². The lowest BCUT2D eigenvalue weighted by atomic mass is 10.00. The minimum atomic E-state index is -3.58. The minimum Gasteiger partial charge on any atom is -0.346 e. The van der Waals surface area contributed by atoms with Gasteiger partial charge in [-0.15, -0.1) is 0 Å². The number of halogens is 1. The molecule has 0 bridgehead atoms. The van der Waals surface area contributed by atoms with E-state index in [0.29, 0.717) is 16.8 Å². The molecule has 0 heterocycles. The molecule has 1 N–H and O–H groups in total. The molecule has 1 amide bonds. The molecule has 3 rings (SSSR count). The first kappa shape index (κ1) is 23.5. The molecule has 0 aromatic heterocycles. The van der Waals surface area contributed by atoms with Crippen LogP contribution in [0.4, 0.5) is 10.1 Å².